The lowest BCUT2D eigenvalue weighted by atomic mass is 10.1. The summed E-state index contributed by atoms with van der Waals surface area (Å²) in [5.41, 5.74) is 5.19. The first-order valence-electron chi connectivity index (χ1n) is 4.92. The van der Waals surface area contributed by atoms with Crippen LogP contribution >= 0.6 is 0 Å². The second-order valence-corrected chi connectivity index (χ2v) is 3.69. The molecule has 1 saturated heterocycles. The summed E-state index contributed by atoms with van der Waals surface area (Å²) >= 11 is 0. The molecule has 0 amide bonds. The molecule has 2 heterocycles. The van der Waals surface area contributed by atoms with Gasteiger partial charge in [0, 0.05) is 0 Å². The van der Waals surface area contributed by atoms with Gasteiger partial charge in [-0.1, -0.05) is 0 Å². The van der Waals surface area contributed by atoms with Gasteiger partial charge >= 0.3 is 0 Å². The lowest BCUT2D eigenvalue weighted by Gasteiger charge is -2.13. The third kappa shape index (κ3) is 2.00. The van der Waals surface area contributed by atoms with Crippen molar-refractivity contribution in [2.75, 3.05) is 6.61 Å². The number of nitrogens with two attached hydrogens (primary N) is 1. The second-order valence-electron chi connectivity index (χ2n) is 3.69. The molecule has 1 aliphatic heterocycles. The molecule has 1 aliphatic rings. The van der Waals surface area contributed by atoms with E-state index in [-0.39, 0.29) is 11.7 Å². The molecule has 4 unspecified atom stereocenters. The molecular weight excluding hydrogens is 230 g/mol. The van der Waals surface area contributed by atoms with Crippen molar-refractivity contribution in [1.82, 2.24) is 14.8 Å². The number of rotatable bonds is 3. The second kappa shape index (κ2) is 4.37. The lowest BCUT2D eigenvalue weighted by Crippen LogP contribution is -2.33. The Hall–Kier alpha value is -1.55. The zero-order valence-electron chi connectivity index (χ0n) is 8.76. The van der Waals surface area contributed by atoms with E-state index in [0.29, 0.717) is 0 Å². The number of amidine groups is 1. The summed E-state index contributed by atoms with van der Waals surface area (Å²) in [4.78, 5) is 3.74. The number of ether oxygens (including phenoxy) is 1. The van der Waals surface area contributed by atoms with Gasteiger partial charge in [0.05, 0.1) is 6.61 Å². The van der Waals surface area contributed by atoms with E-state index in [2.05, 4.69) is 10.1 Å². The number of nitrogens with one attached hydrogen (secondary N) is 1. The van der Waals surface area contributed by atoms with Crippen LogP contribution in [0, 0.1) is 5.41 Å². The third-order valence-corrected chi connectivity index (χ3v) is 2.53. The Morgan fingerprint density at radius 2 is 2.24 bits per heavy atom. The van der Waals surface area contributed by atoms with Gasteiger partial charge in [0.2, 0.25) is 5.82 Å². The SMILES string of the molecule is N=C(N)c1ncn(C2OC(CO)C(O)C2O)n1. The van der Waals surface area contributed by atoms with Crippen LogP contribution in [0.4, 0.5) is 0 Å². The van der Waals surface area contributed by atoms with Crippen LogP contribution in [0.25, 0.3) is 0 Å². The molecule has 2 rings (SSSR count). The molecule has 0 saturated carbocycles. The van der Waals surface area contributed by atoms with E-state index in [1.807, 2.05) is 0 Å². The predicted molar refractivity (Wildman–Crippen MR) is 54.0 cm³/mol. The quantitative estimate of drug-likeness (QED) is 0.283. The third-order valence-electron chi connectivity index (χ3n) is 2.53. The van der Waals surface area contributed by atoms with Crippen LogP contribution < -0.4 is 5.73 Å². The highest BCUT2D eigenvalue weighted by Crippen LogP contribution is 2.28. The molecule has 1 aromatic heterocycles. The molecule has 17 heavy (non-hydrogen) atoms. The van der Waals surface area contributed by atoms with Crippen LogP contribution in [0.5, 0.6) is 0 Å². The van der Waals surface area contributed by atoms with Gasteiger partial charge in [-0.05, 0) is 0 Å². The molecule has 0 radical (unpaired) electrons. The maximum atomic E-state index is 9.70. The molecule has 6 N–H and O–H groups in total. The molecule has 0 spiro atoms. The summed E-state index contributed by atoms with van der Waals surface area (Å²) < 4.78 is 6.37. The lowest BCUT2D eigenvalue weighted by molar-refractivity contribution is -0.0588. The summed E-state index contributed by atoms with van der Waals surface area (Å²) in [5.74, 6) is -0.307. The first-order valence-corrected chi connectivity index (χ1v) is 4.92. The molecule has 0 aromatic carbocycles. The maximum Gasteiger partial charge on any atom is 0.215 e. The van der Waals surface area contributed by atoms with Crippen LogP contribution in [0.2, 0.25) is 0 Å². The number of aliphatic hydroxyl groups is 3. The van der Waals surface area contributed by atoms with E-state index in [4.69, 9.17) is 21.0 Å². The Morgan fingerprint density at radius 1 is 1.53 bits per heavy atom. The van der Waals surface area contributed by atoms with Crippen molar-refractivity contribution in [3.8, 4) is 0 Å². The fourth-order valence-electron chi connectivity index (χ4n) is 1.62. The van der Waals surface area contributed by atoms with Gasteiger partial charge in [-0.3, -0.25) is 5.41 Å². The van der Waals surface area contributed by atoms with Gasteiger partial charge in [0.25, 0.3) is 0 Å². The predicted octanol–water partition coefficient (Wildman–Crippen LogP) is -2.83. The number of aliphatic hydroxyl groups excluding tert-OH is 3. The Bertz CT molecular complexity index is 422. The molecule has 9 heteroatoms. The molecular formula is C8H13N5O4. The number of hydrogen-bond acceptors (Lipinski definition) is 7. The highest BCUT2D eigenvalue weighted by molar-refractivity contribution is 5.90. The average Bonchev–Trinajstić information content (AvgIpc) is 2.87. The van der Waals surface area contributed by atoms with Crippen LogP contribution in [-0.2, 0) is 4.74 Å². The van der Waals surface area contributed by atoms with Crippen LogP contribution in [0.15, 0.2) is 6.33 Å². The summed E-state index contributed by atoms with van der Waals surface area (Å²) in [7, 11) is 0. The molecule has 1 fully saturated rings. The number of hydrogen-bond donors (Lipinski definition) is 5. The van der Waals surface area contributed by atoms with E-state index in [9.17, 15) is 10.2 Å². The fraction of sp³-hybridized carbons (Fsp3) is 0.625. The minimum absolute atomic E-state index is 0.00254. The van der Waals surface area contributed by atoms with E-state index >= 15 is 0 Å². The normalized spacial score (nSPS) is 32.9. The van der Waals surface area contributed by atoms with Crippen molar-refractivity contribution in [3.05, 3.63) is 12.2 Å². The molecule has 94 valence electrons. The van der Waals surface area contributed by atoms with E-state index in [1.54, 1.807) is 0 Å². The molecule has 4 atom stereocenters. The van der Waals surface area contributed by atoms with Crippen LogP contribution in [0.3, 0.4) is 0 Å². The van der Waals surface area contributed by atoms with E-state index < -0.39 is 31.1 Å². The Morgan fingerprint density at radius 3 is 2.71 bits per heavy atom. The van der Waals surface area contributed by atoms with Crippen molar-refractivity contribution in [1.29, 1.82) is 5.41 Å². The van der Waals surface area contributed by atoms with E-state index in [1.165, 1.54) is 6.33 Å². The summed E-state index contributed by atoms with van der Waals surface area (Å²) in [5, 5.41) is 39.1. The summed E-state index contributed by atoms with van der Waals surface area (Å²) in [6.07, 6.45) is -3.02. The smallest absolute Gasteiger partial charge is 0.215 e. The van der Waals surface area contributed by atoms with Crippen LogP contribution in [-0.4, -0.2) is 60.8 Å². The van der Waals surface area contributed by atoms with Gasteiger partial charge in [-0.2, -0.15) is 0 Å². The fourth-order valence-corrected chi connectivity index (χ4v) is 1.62. The zero-order chi connectivity index (χ0) is 12.6. The van der Waals surface area contributed by atoms with Gasteiger partial charge in [0.1, 0.15) is 24.6 Å². The van der Waals surface area contributed by atoms with Gasteiger partial charge in [0.15, 0.2) is 12.1 Å². The first kappa shape index (κ1) is 11.9. The molecule has 0 aliphatic carbocycles. The minimum atomic E-state index is -1.23. The average molecular weight is 243 g/mol. The van der Waals surface area contributed by atoms with Crippen molar-refractivity contribution >= 4 is 5.84 Å². The monoisotopic (exact) mass is 243 g/mol. The highest BCUT2D eigenvalue weighted by Gasteiger charge is 2.43. The van der Waals surface area contributed by atoms with Crippen molar-refractivity contribution in [3.63, 3.8) is 0 Å². The van der Waals surface area contributed by atoms with Gasteiger partial charge in [-0.25, -0.2) is 9.67 Å². The number of nitrogen functional groups attached to an aromatic ring is 1. The van der Waals surface area contributed by atoms with Crippen molar-refractivity contribution in [2.24, 2.45) is 5.73 Å². The largest absolute Gasteiger partial charge is 0.394 e. The van der Waals surface area contributed by atoms with Crippen LogP contribution in [0.1, 0.15) is 12.1 Å². The zero-order valence-corrected chi connectivity index (χ0v) is 8.76. The topological polar surface area (TPSA) is 150 Å². The van der Waals surface area contributed by atoms with Gasteiger partial charge in [-0.15, -0.1) is 5.10 Å². The Balaban J connectivity index is 2.19. The van der Waals surface area contributed by atoms with Crippen molar-refractivity contribution < 1.29 is 20.1 Å². The highest BCUT2D eigenvalue weighted by atomic mass is 16.6. The first-order chi connectivity index (χ1) is 8.04. The molecule has 9 nitrogen and oxygen atoms in total. The Kier molecular flexibility index (Phi) is 3.07. The molecule has 0 bridgehead atoms. The van der Waals surface area contributed by atoms with Gasteiger partial charge < -0.3 is 25.8 Å². The number of aromatic nitrogens is 3. The standard InChI is InChI=1S/C8H13N5O4/c9-6(10)7-11-2-13(12-7)8-5(16)4(15)3(1-14)17-8/h2-5,8,14-16H,1H2,(H3,9,10). The molecule has 1 aromatic rings. The van der Waals surface area contributed by atoms with Crippen molar-refractivity contribution in [2.45, 2.75) is 24.5 Å². The minimum Gasteiger partial charge on any atom is -0.394 e. The van der Waals surface area contributed by atoms with E-state index in [0.717, 1.165) is 4.68 Å². The maximum absolute atomic E-state index is 9.70. The summed E-state index contributed by atoms with van der Waals surface area (Å²) in [6.45, 7) is -0.414. The Labute approximate surface area is 96.0 Å². The summed E-state index contributed by atoms with van der Waals surface area (Å²) in [6, 6.07) is 0. The number of nitrogens with zero attached hydrogens (tertiary/aromatic N) is 3.